The van der Waals surface area contributed by atoms with Crippen molar-refractivity contribution in [3.8, 4) is 0 Å². The zero-order valence-corrected chi connectivity index (χ0v) is 11.6. The molecular formula is C12H10IN5. The maximum atomic E-state index is 5.76. The van der Waals surface area contributed by atoms with Gasteiger partial charge in [0, 0.05) is 3.57 Å². The number of fused-ring (bicyclic) bond motifs is 1. The summed E-state index contributed by atoms with van der Waals surface area (Å²) >= 11 is 2.32. The number of nitrogens with zero attached hydrogens (tertiary/aromatic N) is 4. The van der Waals surface area contributed by atoms with E-state index in [-0.39, 0.29) is 0 Å². The zero-order chi connectivity index (χ0) is 12.5. The average Bonchev–Trinajstić information content (AvgIpc) is 2.77. The molecule has 0 aliphatic rings. The third-order valence-electron chi connectivity index (χ3n) is 2.73. The van der Waals surface area contributed by atoms with Crippen LogP contribution in [-0.4, -0.2) is 19.5 Å². The highest BCUT2D eigenvalue weighted by atomic mass is 127. The molecule has 0 radical (unpaired) electrons. The first-order chi connectivity index (χ1) is 8.75. The summed E-state index contributed by atoms with van der Waals surface area (Å²) in [6.45, 7) is 0.728. The van der Waals surface area contributed by atoms with Crippen LogP contribution in [0.1, 0.15) is 5.56 Å². The van der Waals surface area contributed by atoms with Gasteiger partial charge in [-0.05, 0) is 34.2 Å². The molecule has 0 aliphatic heterocycles. The molecule has 18 heavy (non-hydrogen) atoms. The van der Waals surface area contributed by atoms with Crippen LogP contribution >= 0.6 is 22.6 Å². The number of rotatable bonds is 2. The number of nitrogens with two attached hydrogens (primary N) is 1. The first kappa shape index (κ1) is 11.4. The van der Waals surface area contributed by atoms with Crippen LogP contribution in [0.5, 0.6) is 0 Å². The smallest absolute Gasteiger partial charge is 0.165 e. The first-order valence-electron chi connectivity index (χ1n) is 5.40. The minimum Gasteiger partial charge on any atom is -0.382 e. The van der Waals surface area contributed by atoms with Crippen molar-refractivity contribution < 1.29 is 0 Å². The molecule has 3 aromatic rings. The molecule has 0 fully saturated rings. The number of halogens is 1. The number of imidazole rings is 1. The Morgan fingerprint density at radius 1 is 1.17 bits per heavy atom. The number of hydrogen-bond acceptors (Lipinski definition) is 4. The van der Waals surface area contributed by atoms with E-state index in [0.717, 1.165) is 12.2 Å². The van der Waals surface area contributed by atoms with Gasteiger partial charge < -0.3 is 10.3 Å². The Morgan fingerprint density at radius 2 is 2.00 bits per heavy atom. The lowest BCUT2D eigenvalue weighted by Gasteiger charge is -2.06. The van der Waals surface area contributed by atoms with E-state index in [1.165, 1.54) is 15.5 Å². The highest BCUT2D eigenvalue weighted by Gasteiger charge is 2.08. The van der Waals surface area contributed by atoms with E-state index in [1.54, 1.807) is 6.33 Å². The normalized spacial score (nSPS) is 10.9. The van der Waals surface area contributed by atoms with Gasteiger partial charge in [-0.25, -0.2) is 15.0 Å². The molecule has 0 unspecified atom stereocenters. The molecule has 0 atom stereocenters. The van der Waals surface area contributed by atoms with Crippen LogP contribution in [0.15, 0.2) is 36.9 Å². The summed E-state index contributed by atoms with van der Waals surface area (Å²) in [4.78, 5) is 12.4. The fourth-order valence-electron chi connectivity index (χ4n) is 1.82. The first-order valence-corrected chi connectivity index (χ1v) is 6.48. The van der Waals surface area contributed by atoms with Crippen molar-refractivity contribution in [2.24, 2.45) is 0 Å². The second-order valence-electron chi connectivity index (χ2n) is 3.90. The van der Waals surface area contributed by atoms with Crippen molar-refractivity contribution in [1.29, 1.82) is 0 Å². The molecule has 0 saturated carbocycles. The standard InChI is InChI=1S/C12H10IN5/c13-9-4-2-1-3-8(9)5-18-7-17-10-11(14)15-6-16-12(10)18/h1-4,6-7H,5H2,(H2,14,15,16). The molecule has 90 valence electrons. The molecule has 2 heterocycles. The lowest BCUT2D eigenvalue weighted by molar-refractivity contribution is 0.809. The molecule has 2 aromatic heterocycles. The van der Waals surface area contributed by atoms with Gasteiger partial charge in [0.05, 0.1) is 12.9 Å². The summed E-state index contributed by atoms with van der Waals surface area (Å²) in [6.07, 6.45) is 3.21. The SMILES string of the molecule is Nc1ncnc2c1ncn2Cc1ccccc1I. The molecular weight excluding hydrogens is 341 g/mol. The molecule has 2 N–H and O–H groups in total. The van der Waals surface area contributed by atoms with Crippen molar-refractivity contribution in [1.82, 2.24) is 19.5 Å². The summed E-state index contributed by atoms with van der Waals surface area (Å²) in [5.41, 5.74) is 8.42. The van der Waals surface area contributed by atoms with Gasteiger partial charge in [0.2, 0.25) is 0 Å². The van der Waals surface area contributed by atoms with Crippen LogP contribution in [0, 0.1) is 3.57 Å². The van der Waals surface area contributed by atoms with Gasteiger partial charge in [-0.2, -0.15) is 0 Å². The quantitative estimate of drug-likeness (QED) is 0.718. The van der Waals surface area contributed by atoms with Crippen LogP contribution in [0.2, 0.25) is 0 Å². The summed E-state index contributed by atoms with van der Waals surface area (Å²) < 4.78 is 3.20. The summed E-state index contributed by atoms with van der Waals surface area (Å²) in [7, 11) is 0. The molecule has 0 aliphatic carbocycles. The highest BCUT2D eigenvalue weighted by molar-refractivity contribution is 14.1. The van der Waals surface area contributed by atoms with E-state index in [0.29, 0.717) is 11.3 Å². The fraction of sp³-hybridized carbons (Fsp3) is 0.0833. The second kappa shape index (κ2) is 4.52. The molecule has 3 rings (SSSR count). The van der Waals surface area contributed by atoms with Crippen molar-refractivity contribution >= 4 is 39.6 Å². The lowest BCUT2D eigenvalue weighted by atomic mass is 10.2. The summed E-state index contributed by atoms with van der Waals surface area (Å²) in [5.74, 6) is 0.418. The van der Waals surface area contributed by atoms with Gasteiger partial charge in [0.1, 0.15) is 11.8 Å². The second-order valence-corrected chi connectivity index (χ2v) is 5.06. The summed E-state index contributed by atoms with van der Waals surface area (Å²) in [5, 5.41) is 0. The van der Waals surface area contributed by atoms with Crippen molar-refractivity contribution in [3.63, 3.8) is 0 Å². The molecule has 1 aromatic carbocycles. The third-order valence-corrected chi connectivity index (χ3v) is 3.78. The highest BCUT2D eigenvalue weighted by Crippen LogP contribution is 2.18. The molecule has 0 amide bonds. The molecule has 5 nitrogen and oxygen atoms in total. The van der Waals surface area contributed by atoms with Crippen LogP contribution in [0.25, 0.3) is 11.2 Å². The minimum absolute atomic E-state index is 0.418. The minimum atomic E-state index is 0.418. The largest absolute Gasteiger partial charge is 0.382 e. The number of nitrogen functional groups attached to an aromatic ring is 1. The Morgan fingerprint density at radius 3 is 2.83 bits per heavy atom. The Balaban J connectivity index is 2.06. The van der Waals surface area contributed by atoms with Crippen LogP contribution in [-0.2, 0) is 6.54 Å². The van der Waals surface area contributed by atoms with Crippen LogP contribution < -0.4 is 5.73 Å². The maximum absolute atomic E-state index is 5.76. The summed E-state index contributed by atoms with van der Waals surface area (Å²) in [6, 6.07) is 8.23. The number of aromatic nitrogens is 4. The molecule has 6 heteroatoms. The molecule has 0 saturated heterocycles. The fourth-order valence-corrected chi connectivity index (χ4v) is 2.38. The van der Waals surface area contributed by atoms with E-state index in [1.807, 2.05) is 16.7 Å². The van der Waals surface area contributed by atoms with Gasteiger partial charge in [0.25, 0.3) is 0 Å². The van der Waals surface area contributed by atoms with E-state index in [9.17, 15) is 0 Å². The number of hydrogen-bond donors (Lipinski definition) is 1. The zero-order valence-electron chi connectivity index (χ0n) is 9.42. The third kappa shape index (κ3) is 1.92. The van der Waals surface area contributed by atoms with E-state index in [4.69, 9.17) is 5.73 Å². The van der Waals surface area contributed by atoms with Crippen molar-refractivity contribution in [2.75, 3.05) is 5.73 Å². The number of anilines is 1. The predicted octanol–water partition coefficient (Wildman–Crippen LogP) is 2.06. The Labute approximate surface area is 117 Å². The Hall–Kier alpha value is -1.70. The van der Waals surface area contributed by atoms with Gasteiger partial charge in [0.15, 0.2) is 11.5 Å². The van der Waals surface area contributed by atoms with Gasteiger partial charge in [-0.15, -0.1) is 0 Å². The van der Waals surface area contributed by atoms with Gasteiger partial charge in [-0.1, -0.05) is 18.2 Å². The monoisotopic (exact) mass is 351 g/mol. The van der Waals surface area contributed by atoms with E-state index < -0.39 is 0 Å². The molecule has 0 spiro atoms. The van der Waals surface area contributed by atoms with Crippen molar-refractivity contribution in [2.45, 2.75) is 6.54 Å². The van der Waals surface area contributed by atoms with Gasteiger partial charge >= 0.3 is 0 Å². The molecule has 0 bridgehead atoms. The topological polar surface area (TPSA) is 69.6 Å². The lowest BCUT2D eigenvalue weighted by Crippen LogP contribution is -2.02. The van der Waals surface area contributed by atoms with Crippen molar-refractivity contribution in [3.05, 3.63) is 46.1 Å². The van der Waals surface area contributed by atoms with E-state index >= 15 is 0 Å². The number of benzene rings is 1. The Bertz CT molecular complexity index is 707. The average molecular weight is 351 g/mol. The Kier molecular flexibility index (Phi) is 2.86. The van der Waals surface area contributed by atoms with E-state index in [2.05, 4.69) is 49.7 Å². The van der Waals surface area contributed by atoms with Crippen LogP contribution in [0.3, 0.4) is 0 Å². The van der Waals surface area contributed by atoms with Gasteiger partial charge in [-0.3, -0.25) is 0 Å². The van der Waals surface area contributed by atoms with Crippen LogP contribution in [0.4, 0.5) is 5.82 Å². The maximum Gasteiger partial charge on any atom is 0.165 e. The predicted molar refractivity (Wildman–Crippen MR) is 78.0 cm³/mol.